The molecule has 0 saturated carbocycles. The molecule has 1 unspecified atom stereocenters. The molecular weight excluding hydrogens is 544 g/mol. The van der Waals surface area contributed by atoms with Crippen molar-refractivity contribution in [1.29, 1.82) is 0 Å². The maximum Gasteiger partial charge on any atom is 0.243 e. The van der Waals surface area contributed by atoms with Gasteiger partial charge in [0.15, 0.2) is 0 Å². The van der Waals surface area contributed by atoms with Crippen molar-refractivity contribution in [2.45, 2.75) is 51.5 Å². The van der Waals surface area contributed by atoms with E-state index in [1.165, 1.54) is 17.7 Å². The van der Waals surface area contributed by atoms with Crippen LogP contribution in [0.3, 0.4) is 0 Å². The maximum absolute atomic E-state index is 12.8. The lowest BCUT2D eigenvalue weighted by atomic mass is 9.87. The predicted octanol–water partition coefficient (Wildman–Crippen LogP) is 3.97. The first-order valence-corrected chi connectivity index (χ1v) is 14.4. The Labute approximate surface area is 252 Å². The van der Waals surface area contributed by atoms with E-state index in [0.717, 1.165) is 28.3 Å². The molecule has 2 aromatic carbocycles. The fourth-order valence-electron chi connectivity index (χ4n) is 4.57. The maximum atomic E-state index is 12.8. The summed E-state index contributed by atoms with van der Waals surface area (Å²) in [5.41, 5.74) is 4.64. The van der Waals surface area contributed by atoms with Crippen LogP contribution in [0, 0.1) is 0 Å². The van der Waals surface area contributed by atoms with Crippen LogP contribution in [0.15, 0.2) is 79.1 Å². The van der Waals surface area contributed by atoms with Crippen LogP contribution in [0.2, 0.25) is 0 Å². The van der Waals surface area contributed by atoms with Gasteiger partial charge in [-0.3, -0.25) is 14.6 Å². The molecule has 0 aliphatic heterocycles. The minimum Gasteiger partial charge on any atom is -0.508 e. The summed E-state index contributed by atoms with van der Waals surface area (Å²) in [6, 6.07) is 19.8. The van der Waals surface area contributed by atoms with Crippen LogP contribution in [0.5, 0.6) is 5.75 Å². The van der Waals surface area contributed by atoms with Gasteiger partial charge < -0.3 is 26.2 Å². The molecule has 10 nitrogen and oxygen atoms in total. The number of phenols is 1. The number of phenolic OH excluding ortho intramolecular Hbond substituents is 1. The van der Waals surface area contributed by atoms with Crippen LogP contribution in [0.4, 0.5) is 5.82 Å². The summed E-state index contributed by atoms with van der Waals surface area (Å²) in [6.45, 7) is 6.94. The Balaban J connectivity index is 1.41. The molecule has 0 bridgehead atoms. The molecular formula is C33H40N6O4. The Morgan fingerprint density at radius 3 is 2.40 bits per heavy atom. The highest BCUT2D eigenvalue weighted by Crippen LogP contribution is 2.27. The molecule has 4 aromatic rings. The number of pyridine rings is 1. The fraction of sp³-hybridized carbons (Fsp3) is 0.333. The van der Waals surface area contributed by atoms with Crippen LogP contribution >= 0.6 is 0 Å². The first-order valence-electron chi connectivity index (χ1n) is 14.4. The second kappa shape index (κ2) is 14.5. The second-order valence-electron chi connectivity index (χ2n) is 11.4. The fourth-order valence-corrected chi connectivity index (χ4v) is 4.57. The van der Waals surface area contributed by atoms with E-state index in [4.69, 9.17) is 10.2 Å². The van der Waals surface area contributed by atoms with Crippen molar-refractivity contribution in [3.05, 3.63) is 90.3 Å². The SMILES string of the molecule is CC(C)(C)c1ccc(-n2nc(-c3cccnc3)cc2NCCCC(=O)NC(Cc2ccc(O)cc2)C(=O)NCCO)cc1. The summed E-state index contributed by atoms with van der Waals surface area (Å²) in [5.74, 6) is 0.277. The number of nitrogens with zero attached hydrogens (tertiary/aromatic N) is 3. The lowest BCUT2D eigenvalue weighted by Gasteiger charge is -2.19. The quantitative estimate of drug-likeness (QED) is 0.150. The third-order valence-corrected chi connectivity index (χ3v) is 6.97. The molecule has 10 heteroatoms. The zero-order valence-electron chi connectivity index (χ0n) is 24.9. The van der Waals surface area contributed by atoms with Crippen molar-refractivity contribution in [3.63, 3.8) is 0 Å². The van der Waals surface area contributed by atoms with Gasteiger partial charge in [0, 0.05) is 50.0 Å². The van der Waals surface area contributed by atoms with E-state index in [9.17, 15) is 14.7 Å². The number of aliphatic hydroxyl groups is 1. The van der Waals surface area contributed by atoms with Crippen molar-refractivity contribution in [3.8, 4) is 22.7 Å². The van der Waals surface area contributed by atoms with Crippen LogP contribution in [0.1, 0.15) is 44.7 Å². The van der Waals surface area contributed by atoms with E-state index in [2.05, 4.69) is 66.0 Å². The Morgan fingerprint density at radius 2 is 1.74 bits per heavy atom. The highest BCUT2D eigenvalue weighted by molar-refractivity contribution is 5.87. The highest BCUT2D eigenvalue weighted by Gasteiger charge is 2.21. The van der Waals surface area contributed by atoms with Crippen molar-refractivity contribution >= 4 is 17.6 Å². The topological polar surface area (TPSA) is 141 Å². The van der Waals surface area contributed by atoms with E-state index in [1.54, 1.807) is 24.5 Å². The smallest absolute Gasteiger partial charge is 0.243 e. The average Bonchev–Trinajstić information content (AvgIpc) is 3.43. The van der Waals surface area contributed by atoms with Gasteiger partial charge in [-0.15, -0.1) is 0 Å². The summed E-state index contributed by atoms with van der Waals surface area (Å²) in [7, 11) is 0. The van der Waals surface area contributed by atoms with E-state index < -0.39 is 6.04 Å². The normalized spacial score (nSPS) is 12.0. The number of rotatable bonds is 13. The van der Waals surface area contributed by atoms with E-state index in [1.807, 2.05) is 22.9 Å². The minimum atomic E-state index is -0.809. The van der Waals surface area contributed by atoms with Gasteiger partial charge in [-0.05, 0) is 59.4 Å². The van der Waals surface area contributed by atoms with Gasteiger partial charge in [0.1, 0.15) is 17.6 Å². The van der Waals surface area contributed by atoms with Crippen molar-refractivity contribution < 1.29 is 19.8 Å². The van der Waals surface area contributed by atoms with Gasteiger partial charge in [-0.2, -0.15) is 5.10 Å². The van der Waals surface area contributed by atoms with E-state index in [0.29, 0.717) is 13.0 Å². The molecule has 0 radical (unpaired) electrons. The Bertz CT molecular complexity index is 1480. The molecule has 0 spiro atoms. The minimum absolute atomic E-state index is 0.0355. The van der Waals surface area contributed by atoms with Crippen LogP contribution in [-0.2, 0) is 21.4 Å². The standard InChI is InChI=1S/C33H40N6O4/c1-33(2,3)25-10-12-26(13-11-25)39-30(21-28(38-39)24-6-4-16-34-22-24)35-17-5-7-31(42)37-29(32(43)36-18-19-40)20-23-8-14-27(41)15-9-23/h4,6,8-16,21-22,29,35,40-41H,5,7,17-20H2,1-3H3,(H,36,43)(H,37,42). The average molecular weight is 585 g/mol. The number of hydrogen-bond donors (Lipinski definition) is 5. The number of aromatic nitrogens is 3. The summed E-state index contributed by atoms with van der Waals surface area (Å²) in [4.78, 5) is 29.7. The number of aliphatic hydroxyl groups excluding tert-OH is 1. The molecule has 43 heavy (non-hydrogen) atoms. The molecule has 2 heterocycles. The van der Waals surface area contributed by atoms with Gasteiger partial charge in [-0.25, -0.2) is 4.68 Å². The van der Waals surface area contributed by atoms with Crippen molar-refractivity contribution in [2.75, 3.05) is 25.0 Å². The van der Waals surface area contributed by atoms with E-state index in [-0.39, 0.29) is 49.0 Å². The number of carbonyl (C=O) groups is 2. The molecule has 0 aliphatic rings. The summed E-state index contributed by atoms with van der Waals surface area (Å²) >= 11 is 0. The molecule has 2 amide bonds. The number of benzene rings is 2. The van der Waals surface area contributed by atoms with E-state index >= 15 is 0 Å². The summed E-state index contributed by atoms with van der Waals surface area (Å²) in [6.07, 6.45) is 4.48. The Morgan fingerprint density at radius 1 is 1.00 bits per heavy atom. The molecule has 1 atom stereocenters. The molecule has 226 valence electrons. The van der Waals surface area contributed by atoms with Gasteiger partial charge in [0.25, 0.3) is 0 Å². The van der Waals surface area contributed by atoms with Gasteiger partial charge in [-0.1, -0.05) is 45.0 Å². The van der Waals surface area contributed by atoms with Gasteiger partial charge in [0.2, 0.25) is 11.8 Å². The molecule has 2 aromatic heterocycles. The Hall–Kier alpha value is -4.70. The van der Waals surface area contributed by atoms with Gasteiger partial charge in [0.05, 0.1) is 18.0 Å². The predicted molar refractivity (Wildman–Crippen MR) is 167 cm³/mol. The summed E-state index contributed by atoms with van der Waals surface area (Å²) in [5, 5.41) is 32.4. The third kappa shape index (κ3) is 8.89. The third-order valence-electron chi connectivity index (χ3n) is 6.97. The first-order chi connectivity index (χ1) is 20.6. The highest BCUT2D eigenvalue weighted by atomic mass is 16.3. The molecule has 0 aliphatic carbocycles. The van der Waals surface area contributed by atoms with Crippen molar-refractivity contribution in [2.24, 2.45) is 0 Å². The number of hydrogen-bond acceptors (Lipinski definition) is 7. The molecule has 0 fully saturated rings. The zero-order valence-corrected chi connectivity index (χ0v) is 24.9. The number of carbonyl (C=O) groups excluding carboxylic acids is 2. The second-order valence-corrected chi connectivity index (χ2v) is 11.4. The molecule has 0 saturated heterocycles. The van der Waals surface area contributed by atoms with Crippen LogP contribution in [-0.4, -0.2) is 62.5 Å². The van der Waals surface area contributed by atoms with Gasteiger partial charge >= 0.3 is 0 Å². The number of aromatic hydroxyl groups is 1. The number of amides is 2. The van der Waals surface area contributed by atoms with Crippen molar-refractivity contribution in [1.82, 2.24) is 25.4 Å². The summed E-state index contributed by atoms with van der Waals surface area (Å²) < 4.78 is 1.86. The largest absolute Gasteiger partial charge is 0.508 e. The lowest BCUT2D eigenvalue weighted by Crippen LogP contribution is -2.48. The molecule has 4 rings (SSSR count). The number of nitrogens with one attached hydrogen (secondary N) is 3. The Kier molecular flexibility index (Phi) is 10.5. The molecule has 5 N–H and O–H groups in total. The van der Waals surface area contributed by atoms with Crippen LogP contribution in [0.25, 0.3) is 16.9 Å². The number of anilines is 1. The van der Waals surface area contributed by atoms with Crippen LogP contribution < -0.4 is 16.0 Å². The zero-order chi connectivity index (χ0) is 30.8. The monoisotopic (exact) mass is 584 g/mol. The lowest BCUT2D eigenvalue weighted by molar-refractivity contribution is -0.129. The first kappa shape index (κ1) is 31.2.